The maximum atomic E-state index is 13.9. The zero-order valence-electron chi connectivity index (χ0n) is 17.4. The van der Waals surface area contributed by atoms with Crippen LogP contribution in [0.15, 0.2) is 72.8 Å². The van der Waals surface area contributed by atoms with Crippen LogP contribution in [-0.4, -0.2) is 44.5 Å². The lowest BCUT2D eigenvalue weighted by Gasteiger charge is -2.40. The van der Waals surface area contributed by atoms with Crippen molar-refractivity contribution < 1.29 is 19.1 Å². The first-order valence-corrected chi connectivity index (χ1v) is 10.1. The van der Waals surface area contributed by atoms with Crippen molar-refractivity contribution in [1.82, 2.24) is 0 Å². The molecule has 3 aromatic rings. The predicted molar refractivity (Wildman–Crippen MR) is 119 cm³/mol. The molecular formula is C25H22N2O4. The fourth-order valence-corrected chi connectivity index (χ4v) is 4.67. The van der Waals surface area contributed by atoms with Gasteiger partial charge in [-0.2, -0.15) is 0 Å². The molecule has 0 aromatic heterocycles. The Labute approximate surface area is 180 Å². The molecule has 0 unspecified atom stereocenters. The van der Waals surface area contributed by atoms with E-state index < -0.39 is 5.66 Å². The second kappa shape index (κ2) is 7.16. The average molecular weight is 414 g/mol. The van der Waals surface area contributed by atoms with E-state index in [9.17, 15) is 9.59 Å². The van der Waals surface area contributed by atoms with E-state index in [1.807, 2.05) is 58.3 Å². The maximum absolute atomic E-state index is 13.9. The molecule has 1 saturated heterocycles. The Kier molecular flexibility index (Phi) is 4.43. The van der Waals surface area contributed by atoms with Crippen molar-refractivity contribution >= 4 is 22.9 Å². The van der Waals surface area contributed by atoms with Gasteiger partial charge in [-0.05, 0) is 48.5 Å². The highest BCUT2D eigenvalue weighted by atomic mass is 16.5. The van der Waals surface area contributed by atoms with Crippen LogP contribution in [0.25, 0.3) is 0 Å². The molecule has 0 radical (unpaired) electrons. The van der Waals surface area contributed by atoms with Gasteiger partial charge in [0.15, 0.2) is 0 Å². The van der Waals surface area contributed by atoms with Gasteiger partial charge in [-0.1, -0.05) is 24.3 Å². The molecule has 31 heavy (non-hydrogen) atoms. The highest BCUT2D eigenvalue weighted by Gasteiger charge is 2.63. The van der Waals surface area contributed by atoms with E-state index >= 15 is 0 Å². The molecule has 6 nitrogen and oxygen atoms in total. The number of rotatable bonds is 4. The van der Waals surface area contributed by atoms with Gasteiger partial charge in [0.1, 0.15) is 11.5 Å². The van der Waals surface area contributed by atoms with Gasteiger partial charge < -0.3 is 19.3 Å². The number of carbonyl (C=O) groups excluding carboxylic acids is 2. The fraction of sp³-hybridized carbons (Fsp3) is 0.200. The summed E-state index contributed by atoms with van der Waals surface area (Å²) in [6.45, 7) is 1.06. The number of anilines is 2. The molecule has 0 bridgehead atoms. The van der Waals surface area contributed by atoms with Gasteiger partial charge in [-0.25, -0.2) is 0 Å². The zero-order chi connectivity index (χ0) is 21.6. The predicted octanol–water partition coefficient (Wildman–Crippen LogP) is 3.81. The summed E-state index contributed by atoms with van der Waals surface area (Å²) in [6.07, 6.45) is 0. The summed E-state index contributed by atoms with van der Waals surface area (Å²) in [4.78, 5) is 31.6. The summed E-state index contributed by atoms with van der Waals surface area (Å²) in [5.74, 6) is 1.04. The van der Waals surface area contributed by atoms with Crippen LogP contribution in [0.5, 0.6) is 11.5 Å². The van der Waals surface area contributed by atoms with Crippen LogP contribution < -0.4 is 19.3 Å². The van der Waals surface area contributed by atoms with E-state index in [1.165, 1.54) is 0 Å². The highest BCUT2D eigenvalue weighted by Crippen LogP contribution is 2.45. The number of Topliss-reactive ketones (excluding diaryl/α,β-unsaturated/α-hetero) is 2. The third-order valence-corrected chi connectivity index (χ3v) is 6.15. The van der Waals surface area contributed by atoms with Gasteiger partial charge >= 0.3 is 0 Å². The van der Waals surface area contributed by atoms with E-state index in [0.29, 0.717) is 24.2 Å². The van der Waals surface area contributed by atoms with Gasteiger partial charge in [-0.15, -0.1) is 0 Å². The van der Waals surface area contributed by atoms with Gasteiger partial charge in [-0.3, -0.25) is 9.59 Å². The third kappa shape index (κ3) is 2.64. The number of methoxy groups -OCH3 is 2. The molecule has 6 heteroatoms. The van der Waals surface area contributed by atoms with Crippen LogP contribution >= 0.6 is 0 Å². The van der Waals surface area contributed by atoms with Gasteiger partial charge in [0, 0.05) is 35.6 Å². The largest absolute Gasteiger partial charge is 0.497 e. The number of fused-ring (bicyclic) bond motifs is 1. The minimum atomic E-state index is -1.45. The van der Waals surface area contributed by atoms with Crippen LogP contribution in [0, 0.1) is 0 Å². The molecule has 0 amide bonds. The molecule has 0 atom stereocenters. The summed E-state index contributed by atoms with van der Waals surface area (Å²) in [5, 5.41) is 0. The van der Waals surface area contributed by atoms with E-state index in [0.717, 1.165) is 22.9 Å². The molecule has 1 fully saturated rings. The Morgan fingerprint density at radius 1 is 0.645 bits per heavy atom. The van der Waals surface area contributed by atoms with Crippen LogP contribution in [0.4, 0.5) is 11.4 Å². The van der Waals surface area contributed by atoms with Crippen LogP contribution in [0.2, 0.25) is 0 Å². The summed E-state index contributed by atoms with van der Waals surface area (Å²) in [5.41, 5.74) is 1.07. The second-order valence-electron chi connectivity index (χ2n) is 7.58. The summed E-state index contributed by atoms with van der Waals surface area (Å²) in [6, 6.07) is 22.0. The summed E-state index contributed by atoms with van der Waals surface area (Å²) < 4.78 is 10.6. The molecule has 0 saturated carbocycles. The van der Waals surface area contributed by atoms with Gasteiger partial charge in [0.2, 0.25) is 17.2 Å². The van der Waals surface area contributed by atoms with Crippen molar-refractivity contribution in [2.45, 2.75) is 5.66 Å². The number of ether oxygens (including phenoxy) is 2. The number of carbonyl (C=O) groups is 2. The monoisotopic (exact) mass is 414 g/mol. The molecule has 156 valence electrons. The molecular weight excluding hydrogens is 392 g/mol. The topological polar surface area (TPSA) is 59.1 Å². The normalized spacial score (nSPS) is 16.7. The molecule has 2 aliphatic rings. The first-order valence-electron chi connectivity index (χ1n) is 10.1. The Bertz CT molecular complexity index is 1060. The summed E-state index contributed by atoms with van der Waals surface area (Å²) >= 11 is 0. The first kappa shape index (κ1) is 19.2. The van der Waals surface area contributed by atoms with Crippen molar-refractivity contribution in [3.63, 3.8) is 0 Å². The Balaban J connectivity index is 1.68. The zero-order valence-corrected chi connectivity index (χ0v) is 17.4. The van der Waals surface area contributed by atoms with Gasteiger partial charge in [0.25, 0.3) is 0 Å². The lowest BCUT2D eigenvalue weighted by atomic mass is 9.99. The number of hydrogen-bond acceptors (Lipinski definition) is 6. The number of nitrogens with zero attached hydrogens (tertiary/aromatic N) is 2. The number of hydrogen-bond donors (Lipinski definition) is 0. The minimum absolute atomic E-state index is 0.197. The van der Waals surface area contributed by atoms with Crippen molar-refractivity contribution in [2.24, 2.45) is 0 Å². The Hall–Kier alpha value is -3.80. The first-order chi connectivity index (χ1) is 15.1. The second-order valence-corrected chi connectivity index (χ2v) is 7.58. The Morgan fingerprint density at radius 2 is 1.03 bits per heavy atom. The van der Waals surface area contributed by atoms with Crippen molar-refractivity contribution in [2.75, 3.05) is 37.1 Å². The van der Waals surface area contributed by atoms with Crippen molar-refractivity contribution in [3.05, 3.63) is 83.9 Å². The quantitative estimate of drug-likeness (QED) is 0.605. The number of benzene rings is 3. The molecule has 1 aliphatic carbocycles. The molecule has 3 aromatic carbocycles. The third-order valence-electron chi connectivity index (χ3n) is 6.15. The standard InChI is InChI=1S/C25H22N2O4/c1-30-19-11-7-17(8-12-19)26-15-16-27(18-9-13-20(31-2)14-10-18)25(26)23(28)21-5-3-4-6-22(21)24(25)29/h3-14H,15-16H2,1-2H3. The maximum Gasteiger partial charge on any atom is 0.243 e. The highest BCUT2D eigenvalue weighted by molar-refractivity contribution is 6.36. The molecule has 1 aliphatic heterocycles. The molecule has 5 rings (SSSR count). The lowest BCUT2D eigenvalue weighted by Crippen LogP contribution is -2.62. The van der Waals surface area contributed by atoms with E-state index in [-0.39, 0.29) is 11.6 Å². The molecule has 1 spiro atoms. The number of ketones is 2. The fourth-order valence-electron chi connectivity index (χ4n) is 4.67. The van der Waals surface area contributed by atoms with Crippen molar-refractivity contribution in [1.29, 1.82) is 0 Å². The lowest BCUT2D eigenvalue weighted by molar-refractivity contribution is 0.0807. The Morgan fingerprint density at radius 3 is 1.39 bits per heavy atom. The van der Waals surface area contributed by atoms with Crippen LogP contribution in [0.3, 0.4) is 0 Å². The van der Waals surface area contributed by atoms with E-state index in [4.69, 9.17) is 9.47 Å². The van der Waals surface area contributed by atoms with Crippen LogP contribution in [0.1, 0.15) is 20.7 Å². The smallest absolute Gasteiger partial charge is 0.243 e. The SMILES string of the molecule is COc1ccc(N2CCN(c3ccc(OC)cc3)C23C(=O)c2ccccc2C3=O)cc1. The van der Waals surface area contributed by atoms with E-state index in [1.54, 1.807) is 38.5 Å². The average Bonchev–Trinajstić information content (AvgIpc) is 3.33. The molecule has 1 heterocycles. The molecule has 0 N–H and O–H groups in total. The van der Waals surface area contributed by atoms with Gasteiger partial charge in [0.05, 0.1) is 14.2 Å². The van der Waals surface area contributed by atoms with Crippen molar-refractivity contribution in [3.8, 4) is 11.5 Å². The summed E-state index contributed by atoms with van der Waals surface area (Å²) in [7, 11) is 3.22. The van der Waals surface area contributed by atoms with Crippen LogP contribution in [-0.2, 0) is 0 Å². The van der Waals surface area contributed by atoms with E-state index in [2.05, 4.69) is 0 Å². The minimum Gasteiger partial charge on any atom is -0.497 e.